The Bertz CT molecular complexity index is 1240. The summed E-state index contributed by atoms with van der Waals surface area (Å²) in [5, 5.41) is 3.62. The monoisotopic (exact) mass is 511 g/mol. The lowest BCUT2D eigenvalue weighted by Gasteiger charge is -2.32. The summed E-state index contributed by atoms with van der Waals surface area (Å²) in [5.74, 6) is -1.70. The molecule has 1 fully saturated rings. The lowest BCUT2D eigenvalue weighted by molar-refractivity contribution is -0.123. The number of aromatic nitrogens is 1. The van der Waals surface area contributed by atoms with Crippen molar-refractivity contribution >= 4 is 52.2 Å². The number of carbonyl (C=O) groups is 3. The summed E-state index contributed by atoms with van der Waals surface area (Å²) in [5.41, 5.74) is 13.3. The second-order valence-electron chi connectivity index (χ2n) is 8.59. The first-order valence-electron chi connectivity index (χ1n) is 11.3. The number of hydrogen-bond donors (Lipinski definition) is 3. The van der Waals surface area contributed by atoms with Crippen LogP contribution in [-0.2, 0) is 4.79 Å². The van der Waals surface area contributed by atoms with Gasteiger partial charge in [0.1, 0.15) is 10.9 Å². The molecule has 1 saturated carbocycles. The van der Waals surface area contributed by atoms with Crippen molar-refractivity contribution < 1.29 is 14.4 Å². The Kier molecular flexibility index (Phi) is 7.37. The molecule has 1 atom stereocenters. The van der Waals surface area contributed by atoms with Crippen molar-refractivity contribution in [3.63, 3.8) is 0 Å². The zero-order chi connectivity index (χ0) is 25.1. The van der Waals surface area contributed by atoms with E-state index in [1.165, 1.54) is 4.90 Å². The zero-order valence-electron chi connectivity index (χ0n) is 19.2. The SMILES string of the molecule is Cc1ccc(N(C(=O)c2snc(C(N)=O)c2N)[C@H](C(=O)NC2CCCC2)c2ccc(Cl)cc2)cc1. The molecule has 0 spiro atoms. The number of amides is 3. The molecular formula is C25H26ClN5O3S. The van der Waals surface area contributed by atoms with Crippen LogP contribution < -0.4 is 21.7 Å². The van der Waals surface area contributed by atoms with Crippen molar-refractivity contribution in [2.45, 2.75) is 44.7 Å². The molecule has 182 valence electrons. The summed E-state index contributed by atoms with van der Waals surface area (Å²) < 4.78 is 3.97. The quantitative estimate of drug-likeness (QED) is 0.436. The lowest BCUT2D eigenvalue weighted by Crippen LogP contribution is -2.46. The molecule has 4 rings (SSSR count). The normalized spacial score (nSPS) is 14.5. The predicted octanol–water partition coefficient (Wildman–Crippen LogP) is 4.23. The highest BCUT2D eigenvalue weighted by Gasteiger charge is 2.37. The summed E-state index contributed by atoms with van der Waals surface area (Å²) in [7, 11) is 0. The summed E-state index contributed by atoms with van der Waals surface area (Å²) in [6, 6.07) is 13.1. The Morgan fingerprint density at radius 3 is 2.29 bits per heavy atom. The van der Waals surface area contributed by atoms with Crippen LogP contribution in [0.4, 0.5) is 11.4 Å². The zero-order valence-corrected chi connectivity index (χ0v) is 20.7. The molecule has 1 aliphatic rings. The van der Waals surface area contributed by atoms with Crippen molar-refractivity contribution in [1.82, 2.24) is 9.69 Å². The van der Waals surface area contributed by atoms with E-state index in [0.717, 1.165) is 42.8 Å². The molecule has 3 amide bonds. The van der Waals surface area contributed by atoms with E-state index in [1.807, 2.05) is 19.1 Å². The number of benzene rings is 2. The minimum absolute atomic E-state index is 0.0343. The third kappa shape index (κ3) is 5.31. The minimum atomic E-state index is -1.01. The number of nitrogens with two attached hydrogens (primary N) is 2. The van der Waals surface area contributed by atoms with Crippen LogP contribution >= 0.6 is 23.1 Å². The van der Waals surface area contributed by atoms with Crippen molar-refractivity contribution in [3.05, 3.63) is 75.3 Å². The molecule has 1 aromatic heterocycles. The van der Waals surface area contributed by atoms with E-state index in [0.29, 0.717) is 16.3 Å². The second-order valence-corrected chi connectivity index (χ2v) is 9.80. The summed E-state index contributed by atoms with van der Waals surface area (Å²) in [6.45, 7) is 1.93. The topological polar surface area (TPSA) is 131 Å². The number of halogens is 1. The Morgan fingerprint density at radius 2 is 1.71 bits per heavy atom. The fourth-order valence-corrected chi connectivity index (χ4v) is 5.11. The Morgan fingerprint density at radius 1 is 1.09 bits per heavy atom. The van der Waals surface area contributed by atoms with Crippen LogP contribution in [0.3, 0.4) is 0 Å². The first-order valence-corrected chi connectivity index (χ1v) is 12.4. The molecular weight excluding hydrogens is 486 g/mol. The number of nitrogens with one attached hydrogen (secondary N) is 1. The largest absolute Gasteiger partial charge is 0.395 e. The van der Waals surface area contributed by atoms with E-state index in [-0.39, 0.29) is 28.2 Å². The number of nitrogen functional groups attached to an aromatic ring is 1. The van der Waals surface area contributed by atoms with E-state index >= 15 is 0 Å². The second kappa shape index (κ2) is 10.5. The Balaban J connectivity index is 1.84. The number of rotatable bonds is 7. The molecule has 0 radical (unpaired) electrons. The fraction of sp³-hybridized carbons (Fsp3) is 0.280. The standard InChI is InChI=1S/C25H26ClN5O3S/c1-14-6-12-18(13-7-14)31(25(34)22-19(27)20(23(28)32)30-35-22)21(15-8-10-16(26)11-9-15)24(33)29-17-4-2-3-5-17/h6-13,17,21H,2-5,27H2,1H3,(H2,28,32)(H,29,33)/t21-/m0/s1. The molecule has 1 aliphatic carbocycles. The van der Waals surface area contributed by atoms with Gasteiger partial charge >= 0.3 is 0 Å². The fourth-order valence-electron chi connectivity index (χ4n) is 4.24. The van der Waals surface area contributed by atoms with Gasteiger partial charge in [-0.3, -0.25) is 19.3 Å². The molecule has 0 unspecified atom stereocenters. The van der Waals surface area contributed by atoms with Crippen molar-refractivity contribution in [1.29, 1.82) is 0 Å². The molecule has 3 aromatic rings. The molecule has 35 heavy (non-hydrogen) atoms. The van der Waals surface area contributed by atoms with Crippen LogP contribution in [0.2, 0.25) is 5.02 Å². The van der Waals surface area contributed by atoms with E-state index < -0.39 is 17.9 Å². The lowest BCUT2D eigenvalue weighted by atomic mass is 10.0. The van der Waals surface area contributed by atoms with E-state index in [1.54, 1.807) is 36.4 Å². The number of aryl methyl sites for hydroxylation is 1. The predicted molar refractivity (Wildman–Crippen MR) is 138 cm³/mol. The Labute approximate surface area is 212 Å². The van der Waals surface area contributed by atoms with Crippen molar-refractivity contribution in [2.75, 3.05) is 10.6 Å². The van der Waals surface area contributed by atoms with Crippen LogP contribution in [-0.4, -0.2) is 28.1 Å². The number of anilines is 2. The van der Waals surface area contributed by atoms with Gasteiger partial charge < -0.3 is 16.8 Å². The van der Waals surface area contributed by atoms with Crippen molar-refractivity contribution in [3.8, 4) is 0 Å². The number of primary amides is 1. The number of nitrogens with zero attached hydrogens (tertiary/aromatic N) is 2. The summed E-state index contributed by atoms with van der Waals surface area (Å²) in [4.78, 5) is 40.8. The van der Waals surface area contributed by atoms with Crippen LogP contribution in [0.1, 0.15) is 63.0 Å². The first-order chi connectivity index (χ1) is 16.8. The molecule has 0 saturated heterocycles. The van der Waals surface area contributed by atoms with Gasteiger partial charge in [0.05, 0.1) is 5.69 Å². The minimum Gasteiger partial charge on any atom is -0.395 e. The summed E-state index contributed by atoms with van der Waals surface area (Å²) in [6.07, 6.45) is 3.87. The highest BCUT2D eigenvalue weighted by Crippen LogP contribution is 2.34. The third-order valence-electron chi connectivity index (χ3n) is 6.08. The molecule has 1 heterocycles. The van der Waals surface area contributed by atoms with Crippen LogP contribution in [0.5, 0.6) is 0 Å². The molecule has 0 bridgehead atoms. The summed E-state index contributed by atoms with van der Waals surface area (Å²) >= 11 is 6.89. The van der Waals surface area contributed by atoms with Gasteiger partial charge in [0, 0.05) is 16.8 Å². The maximum Gasteiger partial charge on any atom is 0.273 e. The van der Waals surface area contributed by atoms with E-state index in [9.17, 15) is 14.4 Å². The van der Waals surface area contributed by atoms with Gasteiger partial charge in [-0.25, -0.2) is 0 Å². The Hall–Kier alpha value is -3.43. The maximum absolute atomic E-state index is 14.0. The third-order valence-corrected chi connectivity index (χ3v) is 7.18. The molecule has 5 N–H and O–H groups in total. The smallest absolute Gasteiger partial charge is 0.273 e. The number of carbonyl (C=O) groups excluding carboxylic acids is 3. The van der Waals surface area contributed by atoms with Gasteiger partial charge in [-0.05, 0) is 61.1 Å². The van der Waals surface area contributed by atoms with Crippen LogP contribution in [0.25, 0.3) is 0 Å². The van der Waals surface area contributed by atoms with Gasteiger partial charge in [-0.1, -0.05) is 54.3 Å². The molecule has 2 aromatic carbocycles. The van der Waals surface area contributed by atoms with Crippen LogP contribution in [0.15, 0.2) is 48.5 Å². The van der Waals surface area contributed by atoms with Gasteiger partial charge in [0.2, 0.25) is 5.91 Å². The van der Waals surface area contributed by atoms with Crippen LogP contribution in [0, 0.1) is 6.92 Å². The highest BCUT2D eigenvalue weighted by molar-refractivity contribution is 7.09. The maximum atomic E-state index is 14.0. The average molecular weight is 512 g/mol. The molecule has 8 nitrogen and oxygen atoms in total. The average Bonchev–Trinajstić information content (AvgIpc) is 3.48. The van der Waals surface area contributed by atoms with E-state index in [4.69, 9.17) is 23.1 Å². The first kappa shape index (κ1) is 24.7. The van der Waals surface area contributed by atoms with Gasteiger partial charge in [0.15, 0.2) is 5.69 Å². The van der Waals surface area contributed by atoms with Crippen molar-refractivity contribution in [2.24, 2.45) is 5.73 Å². The molecule has 0 aliphatic heterocycles. The van der Waals surface area contributed by atoms with Gasteiger partial charge in [-0.2, -0.15) is 4.37 Å². The molecule has 10 heteroatoms. The highest BCUT2D eigenvalue weighted by atomic mass is 35.5. The number of hydrogen-bond acceptors (Lipinski definition) is 6. The van der Waals surface area contributed by atoms with Gasteiger partial charge in [-0.15, -0.1) is 0 Å². The van der Waals surface area contributed by atoms with E-state index in [2.05, 4.69) is 9.69 Å². The van der Waals surface area contributed by atoms with Gasteiger partial charge in [0.25, 0.3) is 11.8 Å².